The van der Waals surface area contributed by atoms with E-state index in [2.05, 4.69) is 44.7 Å². The highest BCUT2D eigenvalue weighted by atomic mass is 127. The maximum Gasteiger partial charge on any atom is 0.310 e. The van der Waals surface area contributed by atoms with Gasteiger partial charge in [-0.15, -0.1) is 35.3 Å². The Morgan fingerprint density at radius 3 is 2.83 bits per heavy atom. The number of halogens is 1. The van der Waals surface area contributed by atoms with Gasteiger partial charge < -0.3 is 15.0 Å². The number of rotatable bonds is 5. The van der Waals surface area contributed by atoms with Gasteiger partial charge in [-0.25, -0.2) is 0 Å². The van der Waals surface area contributed by atoms with Gasteiger partial charge in [-0.1, -0.05) is 6.07 Å². The Hall–Kier alpha value is -0.870. The fourth-order valence-corrected chi connectivity index (χ4v) is 5.54. The van der Waals surface area contributed by atoms with Gasteiger partial charge in [0.2, 0.25) is 0 Å². The van der Waals surface area contributed by atoms with Gasteiger partial charge in [-0.3, -0.25) is 14.7 Å². The van der Waals surface area contributed by atoms with Gasteiger partial charge >= 0.3 is 5.97 Å². The van der Waals surface area contributed by atoms with Crippen molar-refractivity contribution in [2.45, 2.75) is 38.6 Å². The number of thiophene rings is 1. The Morgan fingerprint density at radius 1 is 1.34 bits per heavy atom. The number of carbonyl (C=O) groups is 1. The van der Waals surface area contributed by atoms with Crippen LogP contribution in [0.2, 0.25) is 0 Å². The maximum absolute atomic E-state index is 12.2. The summed E-state index contributed by atoms with van der Waals surface area (Å²) in [5, 5.41) is 5.79. The molecule has 29 heavy (non-hydrogen) atoms. The zero-order chi connectivity index (χ0) is 19.9. The molecule has 0 aliphatic carbocycles. The minimum atomic E-state index is -0.0747. The molecule has 3 unspecified atom stereocenters. The van der Waals surface area contributed by atoms with Crippen molar-refractivity contribution in [3.05, 3.63) is 22.4 Å². The molecule has 2 saturated heterocycles. The van der Waals surface area contributed by atoms with Crippen molar-refractivity contribution in [1.29, 1.82) is 0 Å². The average Bonchev–Trinajstić information content (AvgIpc) is 3.23. The van der Waals surface area contributed by atoms with Gasteiger partial charge in [-0.05, 0) is 63.6 Å². The molecule has 0 radical (unpaired) electrons. The number of hydrogen-bond donors (Lipinski definition) is 1. The Balaban J connectivity index is 0.00000300. The average molecular weight is 535 g/mol. The van der Waals surface area contributed by atoms with Crippen molar-refractivity contribution in [3.8, 4) is 0 Å². The Labute approximate surface area is 196 Å². The highest BCUT2D eigenvalue weighted by Gasteiger charge is 2.32. The number of guanidine groups is 1. The topological polar surface area (TPSA) is 57.2 Å². The van der Waals surface area contributed by atoms with Gasteiger partial charge in [0.25, 0.3) is 0 Å². The predicted molar refractivity (Wildman–Crippen MR) is 130 cm³/mol. The molecular weight excluding hydrogens is 499 g/mol. The third-order valence-electron chi connectivity index (χ3n) is 5.92. The van der Waals surface area contributed by atoms with Crippen molar-refractivity contribution < 1.29 is 9.53 Å². The van der Waals surface area contributed by atoms with E-state index < -0.39 is 0 Å². The minimum Gasteiger partial charge on any atom is -0.466 e. The summed E-state index contributed by atoms with van der Waals surface area (Å²) in [6, 6.07) is 4.87. The number of carbonyl (C=O) groups excluding carboxylic acids is 1. The van der Waals surface area contributed by atoms with Crippen LogP contribution in [0.15, 0.2) is 22.5 Å². The number of aliphatic imine (C=N–C) groups is 1. The van der Waals surface area contributed by atoms with Crippen LogP contribution >= 0.6 is 35.3 Å². The van der Waals surface area contributed by atoms with Crippen LogP contribution in [0.3, 0.4) is 0 Å². The molecule has 6 nitrogen and oxygen atoms in total. The zero-order valence-corrected chi connectivity index (χ0v) is 20.9. The fraction of sp³-hybridized carbons (Fsp3) is 0.714. The van der Waals surface area contributed by atoms with Gasteiger partial charge in [0.15, 0.2) is 5.96 Å². The molecule has 0 spiro atoms. The largest absolute Gasteiger partial charge is 0.466 e. The first kappa shape index (κ1) is 24.4. The van der Waals surface area contributed by atoms with Crippen molar-refractivity contribution in [2.24, 2.45) is 16.8 Å². The highest BCUT2D eigenvalue weighted by Crippen LogP contribution is 2.36. The van der Waals surface area contributed by atoms with Crippen LogP contribution < -0.4 is 5.32 Å². The Morgan fingerprint density at radius 2 is 2.14 bits per heavy atom. The molecular formula is C21H35IN4O2S. The van der Waals surface area contributed by atoms with Gasteiger partial charge in [-0.2, -0.15) is 0 Å². The molecule has 1 aromatic rings. The van der Waals surface area contributed by atoms with E-state index in [0.717, 1.165) is 38.4 Å². The summed E-state index contributed by atoms with van der Waals surface area (Å²) in [6.07, 6.45) is 4.36. The van der Waals surface area contributed by atoms with Gasteiger partial charge in [0.05, 0.1) is 12.5 Å². The monoisotopic (exact) mass is 534 g/mol. The summed E-state index contributed by atoms with van der Waals surface area (Å²) in [4.78, 5) is 22.8. The van der Waals surface area contributed by atoms with Gasteiger partial charge in [0, 0.05) is 37.6 Å². The lowest BCUT2D eigenvalue weighted by atomic mass is 9.88. The minimum absolute atomic E-state index is 0. The normalized spacial score (nSPS) is 26.0. The number of likely N-dealkylation sites (tertiary alicyclic amines) is 2. The lowest BCUT2D eigenvalue weighted by molar-refractivity contribution is -0.149. The van der Waals surface area contributed by atoms with Crippen LogP contribution in [0.25, 0.3) is 0 Å². The first-order valence-electron chi connectivity index (χ1n) is 10.5. The Bertz CT molecular complexity index is 655. The van der Waals surface area contributed by atoms with E-state index in [4.69, 9.17) is 4.74 Å². The van der Waals surface area contributed by atoms with E-state index >= 15 is 0 Å². The summed E-state index contributed by atoms with van der Waals surface area (Å²) in [6.45, 7) is 6.00. The van der Waals surface area contributed by atoms with E-state index in [1.807, 2.05) is 25.3 Å². The summed E-state index contributed by atoms with van der Waals surface area (Å²) in [7, 11) is 4.07. The van der Waals surface area contributed by atoms with E-state index in [-0.39, 0.29) is 35.9 Å². The lowest BCUT2D eigenvalue weighted by Crippen LogP contribution is -2.50. The second-order valence-electron chi connectivity index (χ2n) is 7.81. The standard InChI is InChI=1S/C21H34N4O2S.HI/c1-4-27-20(26)17-9-6-12-25(15-17)21(22-2)23-14-16-8-5-11-24(3)19(16)18-10-7-13-28-18;/h7,10,13,16-17,19H,4-6,8-9,11-12,14-15H2,1-3H3,(H,22,23);1H. The first-order chi connectivity index (χ1) is 13.6. The molecule has 3 rings (SSSR count). The number of nitrogens with zero attached hydrogens (tertiary/aromatic N) is 3. The number of hydrogen-bond acceptors (Lipinski definition) is 5. The molecule has 3 atom stereocenters. The number of nitrogens with one attached hydrogen (secondary N) is 1. The molecule has 8 heteroatoms. The first-order valence-corrected chi connectivity index (χ1v) is 11.4. The van der Waals surface area contributed by atoms with Crippen LogP contribution in [0.1, 0.15) is 43.5 Å². The van der Waals surface area contributed by atoms with Crippen molar-refractivity contribution >= 4 is 47.2 Å². The molecule has 0 saturated carbocycles. The smallest absolute Gasteiger partial charge is 0.310 e. The SMILES string of the molecule is CCOC(=O)C1CCCN(C(=NC)NCC2CCCN(C)C2c2cccs2)C1.I. The van der Waals surface area contributed by atoms with E-state index in [1.54, 1.807) is 0 Å². The summed E-state index contributed by atoms with van der Waals surface area (Å²) >= 11 is 1.85. The summed E-state index contributed by atoms with van der Waals surface area (Å²) < 4.78 is 5.24. The molecule has 1 N–H and O–H groups in total. The van der Waals surface area contributed by atoms with E-state index in [1.165, 1.54) is 17.7 Å². The molecule has 164 valence electrons. The molecule has 2 aliphatic rings. The lowest BCUT2D eigenvalue weighted by Gasteiger charge is -2.40. The molecule has 2 aliphatic heterocycles. The fourth-order valence-electron chi connectivity index (χ4n) is 4.56. The number of esters is 1. The molecule has 0 aromatic carbocycles. The second kappa shape index (κ2) is 12.1. The quantitative estimate of drug-likeness (QED) is 0.271. The van der Waals surface area contributed by atoms with Crippen LogP contribution in [0.4, 0.5) is 0 Å². The van der Waals surface area contributed by atoms with E-state index in [0.29, 0.717) is 25.1 Å². The zero-order valence-electron chi connectivity index (χ0n) is 17.8. The number of piperidine rings is 2. The van der Waals surface area contributed by atoms with Crippen LogP contribution in [-0.4, -0.2) is 68.6 Å². The molecule has 1 aromatic heterocycles. The molecule has 3 heterocycles. The summed E-state index contributed by atoms with van der Waals surface area (Å²) in [5.74, 6) is 1.34. The highest BCUT2D eigenvalue weighted by molar-refractivity contribution is 14.0. The number of ether oxygens (including phenoxy) is 1. The third kappa shape index (κ3) is 6.30. The van der Waals surface area contributed by atoms with Crippen molar-refractivity contribution in [3.63, 3.8) is 0 Å². The molecule has 0 amide bonds. The maximum atomic E-state index is 12.2. The molecule has 0 bridgehead atoms. The summed E-state index contributed by atoms with van der Waals surface area (Å²) in [5.41, 5.74) is 0. The van der Waals surface area contributed by atoms with Crippen molar-refractivity contribution in [2.75, 3.05) is 46.9 Å². The third-order valence-corrected chi connectivity index (χ3v) is 6.86. The van der Waals surface area contributed by atoms with Crippen LogP contribution in [0, 0.1) is 11.8 Å². The van der Waals surface area contributed by atoms with Crippen molar-refractivity contribution in [1.82, 2.24) is 15.1 Å². The van der Waals surface area contributed by atoms with Gasteiger partial charge in [0.1, 0.15) is 0 Å². The van der Waals surface area contributed by atoms with E-state index in [9.17, 15) is 4.79 Å². The van der Waals surface area contributed by atoms with Crippen LogP contribution in [0.5, 0.6) is 0 Å². The molecule has 2 fully saturated rings. The predicted octanol–water partition coefficient (Wildman–Crippen LogP) is 3.60. The second-order valence-corrected chi connectivity index (χ2v) is 8.79. The van der Waals surface area contributed by atoms with Crippen LogP contribution in [-0.2, 0) is 9.53 Å². The Kier molecular flexibility index (Phi) is 10.2.